The minimum Gasteiger partial charge on any atom is -0.477 e. The number of thioether (sulfide) groups is 1. The molecule has 0 bridgehead atoms. The lowest BCUT2D eigenvalue weighted by Crippen LogP contribution is -2.28. The van der Waals surface area contributed by atoms with Crippen molar-refractivity contribution < 1.29 is 14.3 Å². The summed E-state index contributed by atoms with van der Waals surface area (Å²) in [6.07, 6.45) is 1.77. The van der Waals surface area contributed by atoms with E-state index in [-0.39, 0.29) is 5.97 Å². The van der Waals surface area contributed by atoms with Crippen molar-refractivity contribution in [3.05, 3.63) is 51.8 Å². The van der Waals surface area contributed by atoms with E-state index in [1.807, 2.05) is 38.4 Å². The summed E-state index contributed by atoms with van der Waals surface area (Å²) in [5, 5.41) is 1.81. The third-order valence-corrected chi connectivity index (χ3v) is 6.40. The molecule has 0 amide bonds. The molecule has 0 saturated carbocycles. The van der Waals surface area contributed by atoms with Crippen LogP contribution in [0.15, 0.2) is 40.0 Å². The number of methoxy groups -OCH3 is 1. The van der Waals surface area contributed by atoms with Crippen LogP contribution in [0.2, 0.25) is 0 Å². The van der Waals surface area contributed by atoms with Gasteiger partial charge in [0.1, 0.15) is 12.5 Å². The van der Waals surface area contributed by atoms with Gasteiger partial charge in [-0.1, -0.05) is 6.07 Å². The van der Waals surface area contributed by atoms with Crippen molar-refractivity contribution in [1.29, 1.82) is 0 Å². The number of rotatable bonds is 4. The predicted molar refractivity (Wildman–Crippen MR) is 113 cm³/mol. The second-order valence-electron chi connectivity index (χ2n) is 6.68. The number of fused-ring (bicyclic) bond motifs is 3. The van der Waals surface area contributed by atoms with E-state index >= 15 is 0 Å². The maximum Gasteiger partial charge on any atom is 0.340 e. The van der Waals surface area contributed by atoms with Crippen LogP contribution in [0.1, 0.15) is 21.6 Å². The molecule has 0 N–H and O–H groups in total. The van der Waals surface area contributed by atoms with Crippen molar-refractivity contribution in [2.45, 2.75) is 17.3 Å². The van der Waals surface area contributed by atoms with Gasteiger partial charge in [0.2, 0.25) is 0 Å². The van der Waals surface area contributed by atoms with E-state index in [0.717, 1.165) is 37.4 Å². The van der Waals surface area contributed by atoms with Gasteiger partial charge in [0.15, 0.2) is 0 Å². The fourth-order valence-electron chi connectivity index (χ4n) is 3.53. The molecule has 1 aliphatic rings. The molecule has 2 aromatic heterocycles. The highest BCUT2D eigenvalue weighted by atomic mass is 79.9. The second-order valence-corrected chi connectivity index (χ2v) is 8.53. The predicted octanol–water partition coefficient (Wildman–Crippen LogP) is 4.20. The fraction of sp³-hybridized carbons (Fsp3) is 0.300. The molecule has 1 aromatic carbocycles. The third kappa shape index (κ3) is 3.29. The highest BCUT2D eigenvalue weighted by Gasteiger charge is 2.29. The first-order valence-electron chi connectivity index (χ1n) is 8.77. The second kappa shape index (κ2) is 7.77. The Morgan fingerprint density at radius 3 is 2.93 bits per heavy atom. The van der Waals surface area contributed by atoms with Gasteiger partial charge in [-0.25, -0.2) is 9.78 Å². The maximum absolute atomic E-state index is 12.8. The van der Waals surface area contributed by atoms with E-state index in [2.05, 4.69) is 30.4 Å². The zero-order valence-corrected chi connectivity index (χ0v) is 18.3. The van der Waals surface area contributed by atoms with Crippen LogP contribution in [0.25, 0.3) is 10.9 Å². The average molecular weight is 462 g/mol. The number of benzene rings is 1. The van der Waals surface area contributed by atoms with Crippen LogP contribution in [0.4, 0.5) is 0 Å². The average Bonchev–Trinajstić information content (AvgIpc) is 2.98. The minimum atomic E-state index is -0.333. The van der Waals surface area contributed by atoms with Gasteiger partial charge in [-0.3, -0.25) is 4.90 Å². The summed E-state index contributed by atoms with van der Waals surface area (Å²) in [5.74, 6) is 1.07. The van der Waals surface area contributed by atoms with E-state index < -0.39 is 0 Å². The zero-order chi connectivity index (χ0) is 19.8. The number of aromatic nitrogens is 2. The van der Waals surface area contributed by atoms with Gasteiger partial charge < -0.3 is 14.0 Å². The van der Waals surface area contributed by atoms with Crippen molar-refractivity contribution in [2.24, 2.45) is 7.05 Å². The summed E-state index contributed by atoms with van der Waals surface area (Å²) >= 11 is 5.23. The smallest absolute Gasteiger partial charge is 0.340 e. The number of aryl methyl sites for hydroxylation is 1. The highest BCUT2D eigenvalue weighted by molar-refractivity contribution is 9.10. The highest BCUT2D eigenvalue weighted by Crippen LogP contribution is 2.42. The number of nitrogens with zero attached hydrogens (tertiary/aromatic N) is 3. The van der Waals surface area contributed by atoms with E-state index in [9.17, 15) is 4.79 Å². The number of carbonyl (C=O) groups excluding carboxylic acids is 1. The van der Waals surface area contributed by atoms with E-state index in [4.69, 9.17) is 9.47 Å². The molecule has 0 fully saturated rings. The Kier molecular flexibility index (Phi) is 5.35. The first-order valence-corrected chi connectivity index (χ1v) is 10.5. The molecule has 3 aromatic rings. The minimum absolute atomic E-state index is 0.333. The maximum atomic E-state index is 12.8. The number of halogens is 1. The molecule has 3 heterocycles. The van der Waals surface area contributed by atoms with E-state index in [1.165, 1.54) is 7.11 Å². The van der Waals surface area contributed by atoms with E-state index in [1.54, 1.807) is 18.0 Å². The monoisotopic (exact) mass is 461 g/mol. The lowest BCUT2D eigenvalue weighted by atomic mass is 10.0. The van der Waals surface area contributed by atoms with Crippen molar-refractivity contribution in [3.8, 4) is 5.75 Å². The SMILES string of the molecule is COC(=O)c1c(CSc2ccccn2)n(C)c2cc(Br)c3c(c12)CN(C)CO3. The number of pyridine rings is 1. The van der Waals surface area contributed by atoms with Crippen LogP contribution < -0.4 is 4.74 Å². The molecule has 0 saturated heterocycles. The fourth-order valence-corrected chi connectivity index (χ4v) is 5.04. The van der Waals surface area contributed by atoms with Crippen LogP contribution in [0.3, 0.4) is 0 Å². The first kappa shape index (κ1) is 19.3. The Labute approximate surface area is 175 Å². The lowest BCUT2D eigenvalue weighted by molar-refractivity contribution is 0.0601. The molecule has 6 nitrogen and oxygen atoms in total. The van der Waals surface area contributed by atoms with Crippen molar-refractivity contribution in [2.75, 3.05) is 20.9 Å². The molecular weight excluding hydrogens is 442 g/mol. The molecule has 0 aliphatic carbocycles. The number of hydrogen-bond acceptors (Lipinski definition) is 6. The van der Waals surface area contributed by atoms with Crippen molar-refractivity contribution in [3.63, 3.8) is 0 Å². The molecular formula is C20H20BrN3O3S. The molecule has 0 radical (unpaired) electrons. The normalized spacial score (nSPS) is 14.0. The Balaban J connectivity index is 1.90. The van der Waals surface area contributed by atoms with Crippen molar-refractivity contribution in [1.82, 2.24) is 14.5 Å². The summed E-state index contributed by atoms with van der Waals surface area (Å²) in [4.78, 5) is 19.2. The standard InChI is InChI=1S/C20H20BrN3O3S/c1-23-9-12-17-14(8-13(21)19(12)27-11-23)24(2)15(18(17)20(25)26-3)10-28-16-6-4-5-7-22-16/h4-8H,9-11H2,1-3H3. The topological polar surface area (TPSA) is 56.6 Å². The van der Waals surface area contributed by atoms with E-state index in [0.29, 0.717) is 24.6 Å². The van der Waals surface area contributed by atoms with Crippen molar-refractivity contribution >= 4 is 44.6 Å². The molecule has 0 unspecified atom stereocenters. The lowest BCUT2D eigenvalue weighted by Gasteiger charge is -2.27. The van der Waals surface area contributed by atoms with Gasteiger partial charge in [-0.2, -0.15) is 0 Å². The summed E-state index contributed by atoms with van der Waals surface area (Å²) in [6.45, 7) is 1.21. The van der Waals surface area contributed by atoms with Gasteiger partial charge in [0, 0.05) is 42.2 Å². The van der Waals surface area contributed by atoms with Gasteiger partial charge in [0.05, 0.1) is 27.7 Å². The quantitative estimate of drug-likeness (QED) is 0.428. The number of carbonyl (C=O) groups is 1. The third-order valence-electron chi connectivity index (χ3n) is 4.86. The first-order chi connectivity index (χ1) is 13.5. The summed E-state index contributed by atoms with van der Waals surface area (Å²) in [5.41, 5.74) is 3.49. The summed E-state index contributed by atoms with van der Waals surface area (Å²) in [7, 11) is 5.40. The van der Waals surface area contributed by atoms with Gasteiger partial charge in [-0.05, 0) is 41.2 Å². The van der Waals surface area contributed by atoms with Gasteiger partial charge in [0.25, 0.3) is 0 Å². The molecule has 1 aliphatic heterocycles. The Hall–Kier alpha value is -2.03. The molecule has 28 heavy (non-hydrogen) atoms. The molecule has 146 valence electrons. The number of hydrogen-bond donors (Lipinski definition) is 0. The van der Waals surface area contributed by atoms with Crippen LogP contribution in [0, 0.1) is 0 Å². The van der Waals surface area contributed by atoms with Gasteiger partial charge in [-0.15, -0.1) is 11.8 Å². The molecule has 8 heteroatoms. The van der Waals surface area contributed by atoms with Crippen LogP contribution in [0.5, 0.6) is 5.75 Å². The Bertz CT molecular complexity index is 1050. The summed E-state index contributed by atoms with van der Waals surface area (Å²) in [6, 6.07) is 7.83. The Morgan fingerprint density at radius 2 is 2.21 bits per heavy atom. The molecule has 0 spiro atoms. The molecule has 0 atom stereocenters. The largest absolute Gasteiger partial charge is 0.477 e. The van der Waals surface area contributed by atoms with Crippen LogP contribution in [-0.4, -0.2) is 41.3 Å². The zero-order valence-electron chi connectivity index (χ0n) is 15.9. The van der Waals surface area contributed by atoms with Crippen LogP contribution >= 0.6 is 27.7 Å². The number of ether oxygens (including phenoxy) is 2. The Morgan fingerprint density at radius 1 is 1.39 bits per heavy atom. The summed E-state index contributed by atoms with van der Waals surface area (Å²) < 4.78 is 14.0. The molecule has 4 rings (SSSR count). The van der Waals surface area contributed by atoms with Crippen LogP contribution in [-0.2, 0) is 24.1 Å². The number of esters is 1. The van der Waals surface area contributed by atoms with Gasteiger partial charge >= 0.3 is 5.97 Å².